The van der Waals surface area contributed by atoms with Gasteiger partial charge in [0, 0.05) is 12.1 Å². The fourth-order valence-corrected chi connectivity index (χ4v) is 2.40. The second kappa shape index (κ2) is 10.9. The Morgan fingerprint density at radius 1 is 1.42 bits per heavy atom. The molecule has 1 rings (SSSR count). The Morgan fingerprint density at radius 2 is 2.12 bits per heavy atom. The van der Waals surface area contributed by atoms with Gasteiger partial charge in [-0.05, 0) is 30.5 Å². The Balaban J connectivity index is 2.63. The van der Waals surface area contributed by atoms with E-state index in [9.17, 15) is 15.2 Å². The number of nitrogens with one attached hydrogen (secondary N) is 1. The molecule has 2 N–H and O–H groups in total. The fraction of sp³-hybridized carbons (Fsp3) is 0.556. The Bertz CT molecular complexity index is 568. The van der Waals surface area contributed by atoms with E-state index in [1.165, 1.54) is 0 Å². The maximum atomic E-state index is 12.0. The summed E-state index contributed by atoms with van der Waals surface area (Å²) < 4.78 is 5.38. The summed E-state index contributed by atoms with van der Waals surface area (Å²) in [5.41, 5.74) is 0.862. The largest absolute Gasteiger partial charge is 0.489 e. The summed E-state index contributed by atoms with van der Waals surface area (Å²) in [5, 5.41) is 21.4. The highest BCUT2D eigenvalue weighted by atomic mass is 35.5. The number of aliphatic hydroxyl groups excluding tert-OH is 1. The molecule has 1 amide bonds. The third-order valence-corrected chi connectivity index (χ3v) is 4.28. The van der Waals surface area contributed by atoms with Crippen LogP contribution >= 0.6 is 11.6 Å². The number of halogens is 1. The third-order valence-electron chi connectivity index (χ3n) is 3.93. The number of carbonyl (C=O) groups excluding carboxylic acids is 1. The van der Waals surface area contributed by atoms with Crippen LogP contribution in [0.15, 0.2) is 18.2 Å². The van der Waals surface area contributed by atoms with Crippen LogP contribution in [0.2, 0.25) is 0 Å². The normalized spacial score (nSPS) is 11.8. The van der Waals surface area contributed by atoms with Crippen molar-refractivity contribution in [2.24, 2.45) is 5.92 Å². The van der Waals surface area contributed by atoms with Crippen molar-refractivity contribution in [3.05, 3.63) is 23.8 Å². The van der Waals surface area contributed by atoms with Crippen molar-refractivity contribution in [2.45, 2.75) is 45.6 Å². The average molecular weight is 353 g/mol. The molecule has 0 spiro atoms. The van der Waals surface area contributed by atoms with Gasteiger partial charge in [-0.1, -0.05) is 26.7 Å². The number of rotatable bonds is 10. The lowest BCUT2D eigenvalue weighted by atomic mass is 9.97. The lowest BCUT2D eigenvalue weighted by molar-refractivity contribution is -0.116. The first-order chi connectivity index (χ1) is 11.5. The van der Waals surface area contributed by atoms with Crippen LogP contribution < -0.4 is 10.1 Å². The summed E-state index contributed by atoms with van der Waals surface area (Å²) in [6.45, 7) is 4.27. The van der Waals surface area contributed by atoms with Crippen LogP contribution in [0.1, 0.15) is 45.1 Å². The van der Waals surface area contributed by atoms with Crippen LogP contribution in [-0.2, 0) is 4.79 Å². The van der Waals surface area contributed by atoms with E-state index in [4.69, 9.17) is 16.3 Å². The average Bonchev–Trinajstić information content (AvgIpc) is 2.60. The topological polar surface area (TPSA) is 82.3 Å². The summed E-state index contributed by atoms with van der Waals surface area (Å²) in [7, 11) is 0. The molecular formula is C18H25ClN2O3. The molecule has 1 atom stereocenters. The summed E-state index contributed by atoms with van der Waals surface area (Å²) in [4.78, 5) is 12.0. The van der Waals surface area contributed by atoms with Crippen LogP contribution in [0.25, 0.3) is 0 Å². The number of alkyl halides is 1. The lowest BCUT2D eigenvalue weighted by Gasteiger charge is -2.13. The van der Waals surface area contributed by atoms with E-state index in [-0.39, 0.29) is 18.4 Å². The zero-order valence-electron chi connectivity index (χ0n) is 14.2. The predicted octanol–water partition coefficient (Wildman–Crippen LogP) is 3.69. The molecular weight excluding hydrogens is 328 g/mol. The molecule has 0 bridgehead atoms. The number of benzene rings is 1. The Morgan fingerprint density at radius 3 is 2.71 bits per heavy atom. The van der Waals surface area contributed by atoms with Crippen molar-refractivity contribution < 1.29 is 14.6 Å². The molecule has 132 valence electrons. The van der Waals surface area contributed by atoms with Crippen molar-refractivity contribution in [3.63, 3.8) is 0 Å². The number of hydrogen-bond acceptors (Lipinski definition) is 4. The smallest absolute Gasteiger partial charge is 0.224 e. The molecule has 1 unspecified atom stereocenters. The summed E-state index contributed by atoms with van der Waals surface area (Å²) in [6, 6.07) is 6.88. The maximum Gasteiger partial charge on any atom is 0.224 e. The van der Waals surface area contributed by atoms with Crippen LogP contribution in [0, 0.1) is 17.2 Å². The molecule has 0 aliphatic rings. The highest BCUT2D eigenvalue weighted by Gasteiger charge is 2.11. The number of anilines is 1. The molecule has 0 saturated carbocycles. The highest BCUT2D eigenvalue weighted by Crippen LogP contribution is 2.23. The van der Waals surface area contributed by atoms with Crippen LogP contribution in [0.3, 0.4) is 0 Å². The molecule has 0 fully saturated rings. The van der Waals surface area contributed by atoms with E-state index in [2.05, 4.69) is 19.2 Å². The number of ether oxygens (including phenoxy) is 1. The minimum Gasteiger partial charge on any atom is -0.489 e. The van der Waals surface area contributed by atoms with Crippen molar-refractivity contribution in [3.8, 4) is 11.8 Å². The molecule has 0 aliphatic heterocycles. The third kappa shape index (κ3) is 6.77. The Hall–Kier alpha value is -1.77. The number of hydrogen-bond donors (Lipinski definition) is 2. The first-order valence-electron chi connectivity index (χ1n) is 8.24. The first kappa shape index (κ1) is 20.3. The zero-order valence-corrected chi connectivity index (χ0v) is 15.0. The number of nitrogens with zero attached hydrogens (tertiary/aromatic N) is 1. The summed E-state index contributed by atoms with van der Waals surface area (Å²) in [5.74, 6) is 0.926. The van der Waals surface area contributed by atoms with Gasteiger partial charge in [0.15, 0.2) is 0 Å². The van der Waals surface area contributed by atoms with Gasteiger partial charge in [0.05, 0.1) is 11.4 Å². The van der Waals surface area contributed by atoms with Gasteiger partial charge in [0.25, 0.3) is 0 Å². The van der Waals surface area contributed by atoms with E-state index in [0.29, 0.717) is 29.3 Å². The molecule has 1 aromatic rings. The predicted molar refractivity (Wildman–Crippen MR) is 95.3 cm³/mol. The molecule has 6 heteroatoms. The van der Waals surface area contributed by atoms with Crippen LogP contribution in [0.4, 0.5) is 5.69 Å². The minimum atomic E-state index is -0.789. The summed E-state index contributed by atoms with van der Waals surface area (Å²) in [6.07, 6.45) is 2.68. The molecule has 1 aromatic carbocycles. The molecule has 0 heterocycles. The van der Waals surface area contributed by atoms with Gasteiger partial charge < -0.3 is 15.2 Å². The monoisotopic (exact) mass is 352 g/mol. The van der Waals surface area contributed by atoms with Crippen molar-refractivity contribution in [1.29, 1.82) is 5.26 Å². The van der Waals surface area contributed by atoms with E-state index >= 15 is 0 Å². The maximum absolute atomic E-state index is 12.0. The molecule has 24 heavy (non-hydrogen) atoms. The molecule has 5 nitrogen and oxygen atoms in total. The van der Waals surface area contributed by atoms with Gasteiger partial charge in [0.2, 0.25) is 5.91 Å². The van der Waals surface area contributed by atoms with Gasteiger partial charge in [-0.25, -0.2) is 0 Å². The number of aliphatic hydroxyl groups is 1. The minimum absolute atomic E-state index is 0.0132. The molecule has 0 aromatic heterocycles. The van der Waals surface area contributed by atoms with Crippen molar-refractivity contribution in [1.82, 2.24) is 0 Å². The number of amides is 1. The van der Waals surface area contributed by atoms with Crippen LogP contribution in [0.5, 0.6) is 5.75 Å². The Labute approximate surface area is 148 Å². The molecule has 0 saturated heterocycles. The second-order valence-corrected chi connectivity index (χ2v) is 6.02. The van der Waals surface area contributed by atoms with Crippen LogP contribution in [-0.4, -0.2) is 29.6 Å². The number of nitriles is 1. The van der Waals surface area contributed by atoms with E-state index in [1.54, 1.807) is 18.2 Å². The van der Waals surface area contributed by atoms with E-state index in [1.807, 2.05) is 6.07 Å². The van der Waals surface area contributed by atoms with Gasteiger partial charge in [0.1, 0.15) is 24.5 Å². The molecule has 0 radical (unpaired) electrons. The van der Waals surface area contributed by atoms with Crippen molar-refractivity contribution in [2.75, 3.05) is 17.8 Å². The quantitative estimate of drug-likeness (QED) is 0.629. The van der Waals surface area contributed by atoms with Gasteiger partial charge >= 0.3 is 0 Å². The van der Waals surface area contributed by atoms with Gasteiger partial charge in [-0.15, -0.1) is 11.6 Å². The second-order valence-electron chi connectivity index (χ2n) is 5.71. The van der Waals surface area contributed by atoms with Gasteiger partial charge in [-0.3, -0.25) is 4.79 Å². The first-order valence-corrected chi connectivity index (χ1v) is 8.78. The highest BCUT2D eigenvalue weighted by molar-refractivity contribution is 6.18. The Kier molecular flexibility index (Phi) is 9.21. The standard InChI is InChI=1S/C18H25ClN2O3/c1-3-13(4-2)5-8-18(23)21-15-6-7-17(14(9-15)11-20)24-12-16(22)10-19/h6-7,9,13,16,22H,3-5,8,10,12H2,1-2H3,(H,21,23). The van der Waals surface area contributed by atoms with E-state index in [0.717, 1.165) is 19.3 Å². The SMILES string of the molecule is CCC(CC)CCC(=O)Nc1ccc(OCC(O)CCl)c(C#N)c1. The fourth-order valence-electron chi connectivity index (χ4n) is 2.31. The van der Waals surface area contributed by atoms with Crippen molar-refractivity contribution >= 4 is 23.2 Å². The van der Waals surface area contributed by atoms with E-state index < -0.39 is 6.10 Å². The van der Waals surface area contributed by atoms with Gasteiger partial charge in [-0.2, -0.15) is 5.26 Å². The lowest BCUT2D eigenvalue weighted by Crippen LogP contribution is -2.19. The summed E-state index contributed by atoms with van der Waals surface area (Å²) >= 11 is 5.50. The number of carbonyl (C=O) groups is 1. The zero-order chi connectivity index (χ0) is 17.9. The molecule has 0 aliphatic carbocycles.